The normalized spacial score (nSPS) is 22.4. The minimum absolute atomic E-state index is 3.71. The molecule has 0 aromatic carbocycles. The number of alkyl halides is 17. The molecular weight excluding hydrogens is 501 g/mol. The lowest BCUT2D eigenvalue weighted by Gasteiger charge is -2.44. The highest BCUT2D eigenvalue weighted by molar-refractivity contribution is 6.34. The molecule has 0 saturated carbocycles. The van der Waals surface area contributed by atoms with Crippen LogP contribution < -0.4 is 0 Å². The maximum Gasteiger partial charge on any atom is 0.421 e. The van der Waals surface area contributed by atoms with Crippen molar-refractivity contribution in [1.29, 1.82) is 0 Å². The molecule has 0 aliphatic heterocycles. The molecule has 0 amide bonds. The van der Waals surface area contributed by atoms with Crippen LogP contribution in [0, 0.1) is 0 Å². The molecule has 0 saturated heterocycles. The van der Waals surface area contributed by atoms with E-state index in [0.29, 0.717) is 0 Å². The van der Waals surface area contributed by atoms with E-state index in [9.17, 15) is 57.1 Å². The van der Waals surface area contributed by atoms with E-state index in [4.69, 9.17) is 5.11 Å². The van der Waals surface area contributed by atoms with Crippen molar-refractivity contribution in [3.8, 4) is 0 Å². The third-order valence-electron chi connectivity index (χ3n) is 2.71. The van der Waals surface area contributed by atoms with E-state index < -0.39 is 44.6 Å². The molecule has 18 heteroatoms. The molecule has 0 aliphatic rings. The Labute approximate surface area is 153 Å². The van der Waals surface area contributed by atoms with Crippen LogP contribution in [0.25, 0.3) is 0 Å². The molecule has 158 valence electrons. The first-order valence-corrected chi connectivity index (χ1v) is 6.70. The largest absolute Gasteiger partial charge is 0.421 e. The van der Waals surface area contributed by atoms with Crippen LogP contribution in [-0.2, 0) is 0 Å². The van der Waals surface area contributed by atoms with Crippen molar-refractivity contribution in [3.05, 3.63) is 0 Å². The van der Waals surface area contributed by atoms with Gasteiger partial charge in [0.15, 0.2) is 0 Å². The quantitative estimate of drug-likeness (QED) is 0.334. The number of rotatable bonds is 7. The van der Waals surface area contributed by atoms with Gasteiger partial charge in [0, 0.05) is 0 Å². The Morgan fingerprint density at radius 1 is 0.423 bits per heavy atom. The Kier molecular flexibility index (Phi) is 6.41. The van der Waals surface area contributed by atoms with Crippen LogP contribution in [-0.4, -0.2) is 49.7 Å². The number of aliphatic hydroxyl groups is 1. The predicted octanol–water partition coefficient (Wildman–Crippen LogP) is 6.02. The predicted molar refractivity (Wildman–Crippen MR) is 61.9 cm³/mol. The van der Waals surface area contributed by atoms with Gasteiger partial charge in [0.05, 0.1) is 0 Å². The van der Waals surface area contributed by atoms with Crippen molar-refractivity contribution in [2.45, 2.75) is 44.6 Å². The SMILES string of the molecule is OC(F)(F)C(F)(F)C(F)(Cl)C(F)(F)C(F)(Cl)C(F)(F)C(F)(Cl)C(F)(F)Cl. The molecule has 0 aromatic rings. The van der Waals surface area contributed by atoms with Crippen LogP contribution >= 0.6 is 46.4 Å². The van der Waals surface area contributed by atoms with Gasteiger partial charge in [-0.3, -0.25) is 0 Å². The number of hydrogen-bond acceptors (Lipinski definition) is 1. The maximum absolute atomic E-state index is 13.7. The third kappa shape index (κ3) is 3.26. The molecule has 0 rings (SSSR count). The molecule has 1 N–H and O–H groups in total. The van der Waals surface area contributed by atoms with Gasteiger partial charge in [0.1, 0.15) is 0 Å². The van der Waals surface area contributed by atoms with Gasteiger partial charge in [0.25, 0.3) is 0 Å². The monoisotopic (exact) mass is 500 g/mol. The molecule has 0 fully saturated rings. The molecule has 26 heavy (non-hydrogen) atoms. The van der Waals surface area contributed by atoms with E-state index >= 15 is 0 Å². The van der Waals surface area contributed by atoms with E-state index in [1.165, 1.54) is 0 Å². The van der Waals surface area contributed by atoms with Crippen molar-refractivity contribution in [2.75, 3.05) is 0 Å². The Morgan fingerprint density at radius 2 is 0.654 bits per heavy atom. The smallest absolute Gasteiger partial charge is 0.331 e. The summed E-state index contributed by atoms with van der Waals surface area (Å²) in [6, 6.07) is 0. The molecule has 3 atom stereocenters. The van der Waals surface area contributed by atoms with Crippen LogP contribution in [0.3, 0.4) is 0 Å². The highest BCUT2D eigenvalue weighted by Crippen LogP contribution is 2.65. The summed E-state index contributed by atoms with van der Waals surface area (Å²) in [6.45, 7) is 0. The maximum atomic E-state index is 13.7. The van der Waals surface area contributed by atoms with Crippen molar-refractivity contribution in [3.63, 3.8) is 0 Å². The summed E-state index contributed by atoms with van der Waals surface area (Å²) in [7, 11) is 0. The molecule has 1 nitrogen and oxygen atoms in total. The Bertz CT molecular complexity index is 487. The molecule has 0 radical (unpaired) electrons. The molecule has 0 aliphatic carbocycles. The van der Waals surface area contributed by atoms with E-state index in [-0.39, 0.29) is 0 Å². The summed E-state index contributed by atoms with van der Waals surface area (Å²) in [5.74, 6) is -22.1. The lowest BCUT2D eigenvalue weighted by Crippen LogP contribution is -2.73. The zero-order chi connectivity index (χ0) is 22.0. The highest BCUT2D eigenvalue weighted by Gasteiger charge is 2.91. The summed E-state index contributed by atoms with van der Waals surface area (Å²) in [5, 5.41) is -19.0. The van der Waals surface area contributed by atoms with Gasteiger partial charge in [-0.25, -0.2) is 13.2 Å². The van der Waals surface area contributed by atoms with Crippen LogP contribution in [0.5, 0.6) is 0 Å². The molecule has 0 heterocycles. The first kappa shape index (κ1) is 26.2. The third-order valence-corrected chi connectivity index (χ3v) is 4.49. The Balaban J connectivity index is 6.61. The average molecular weight is 502 g/mol. The summed E-state index contributed by atoms with van der Waals surface area (Å²) >= 11 is 15.1. The van der Waals surface area contributed by atoms with Gasteiger partial charge in [-0.1, -0.05) is 34.8 Å². The van der Waals surface area contributed by atoms with Gasteiger partial charge in [-0.15, -0.1) is 0 Å². The van der Waals surface area contributed by atoms with Crippen LogP contribution in [0.1, 0.15) is 0 Å². The zero-order valence-corrected chi connectivity index (χ0v) is 13.9. The van der Waals surface area contributed by atoms with Crippen molar-refractivity contribution < 1.29 is 62.2 Å². The van der Waals surface area contributed by atoms with Gasteiger partial charge in [-0.2, -0.15) is 43.9 Å². The summed E-state index contributed by atoms with van der Waals surface area (Å²) in [6.07, 6.45) is -6.85. The molecule has 0 aromatic heterocycles. The van der Waals surface area contributed by atoms with E-state index in [0.717, 1.165) is 0 Å². The van der Waals surface area contributed by atoms with Crippen molar-refractivity contribution in [2.24, 2.45) is 0 Å². The fraction of sp³-hybridized carbons (Fsp3) is 1.00. The highest BCUT2D eigenvalue weighted by atomic mass is 35.5. The van der Waals surface area contributed by atoms with Gasteiger partial charge in [-0.05, 0) is 11.6 Å². The first-order chi connectivity index (χ1) is 10.8. The van der Waals surface area contributed by atoms with Crippen molar-refractivity contribution in [1.82, 2.24) is 0 Å². The second-order valence-electron chi connectivity index (χ2n) is 4.49. The Morgan fingerprint density at radius 3 is 0.885 bits per heavy atom. The summed E-state index contributed by atoms with van der Waals surface area (Å²) in [4.78, 5) is 0. The average Bonchev–Trinajstić information content (AvgIpc) is 2.34. The van der Waals surface area contributed by atoms with Gasteiger partial charge < -0.3 is 5.11 Å². The van der Waals surface area contributed by atoms with E-state index in [1.54, 1.807) is 0 Å². The van der Waals surface area contributed by atoms with Crippen LogP contribution in [0.2, 0.25) is 0 Å². The lowest BCUT2D eigenvalue weighted by atomic mass is 9.94. The molecular formula is C8HCl4F13O. The number of halogens is 17. The molecule has 0 spiro atoms. The molecule has 0 bridgehead atoms. The second kappa shape index (κ2) is 6.36. The van der Waals surface area contributed by atoms with Gasteiger partial charge in [0.2, 0.25) is 0 Å². The lowest BCUT2D eigenvalue weighted by molar-refractivity contribution is -0.385. The fourth-order valence-corrected chi connectivity index (χ4v) is 2.01. The van der Waals surface area contributed by atoms with E-state index in [2.05, 4.69) is 46.4 Å². The minimum atomic E-state index is -7.52. The summed E-state index contributed by atoms with van der Waals surface area (Å²) in [5.41, 5.74) is 0. The Hall–Kier alpha value is 0.210. The zero-order valence-electron chi connectivity index (χ0n) is 10.9. The standard InChI is InChI=1S/C8HCl4F13O/c9-1(13,5(18,19)3(11,15)7(12,22)23)4(16,17)2(10,14)6(20,21)8(24,25)26/h26H. The second-order valence-corrected chi connectivity index (χ2v) is 6.52. The topological polar surface area (TPSA) is 20.2 Å². The van der Waals surface area contributed by atoms with Crippen LogP contribution in [0.4, 0.5) is 57.1 Å². The van der Waals surface area contributed by atoms with Crippen LogP contribution in [0.15, 0.2) is 0 Å². The van der Waals surface area contributed by atoms with Gasteiger partial charge >= 0.3 is 44.6 Å². The number of hydrogen-bond donors (Lipinski definition) is 1. The molecule has 3 unspecified atom stereocenters. The fourth-order valence-electron chi connectivity index (χ4n) is 1.16. The van der Waals surface area contributed by atoms with Crippen molar-refractivity contribution >= 4 is 46.4 Å². The first-order valence-electron chi connectivity index (χ1n) is 5.19. The van der Waals surface area contributed by atoms with E-state index in [1.807, 2.05) is 0 Å². The summed E-state index contributed by atoms with van der Waals surface area (Å²) < 4.78 is 169. The minimum Gasteiger partial charge on any atom is -0.331 e.